The van der Waals surface area contributed by atoms with Gasteiger partial charge in [-0.1, -0.05) is 23.4 Å². The number of nitrogens with one attached hydrogen (secondary N) is 1. The third kappa shape index (κ3) is 5.14. The average Bonchev–Trinajstić information content (AvgIpc) is 3.44. The molecule has 4 rings (SSSR count). The Hall–Kier alpha value is -2.81. The highest BCUT2D eigenvalue weighted by Crippen LogP contribution is 2.39. The number of aromatic nitrogens is 1. The fraction of sp³-hybridized carbons (Fsp3) is 0.227. The van der Waals surface area contributed by atoms with Crippen LogP contribution in [-0.2, 0) is 5.60 Å². The van der Waals surface area contributed by atoms with E-state index in [4.69, 9.17) is 5.73 Å². The predicted molar refractivity (Wildman–Crippen MR) is 138 cm³/mol. The quantitative estimate of drug-likeness (QED) is 0.285. The standard InChI is InChI=1S/C22H22FIN6O3S/c1-22(2,33)12-6-7-13(15(23)8-12)18-9-14(20(25)32)21(34-18)27-19-5-3-4-16(26-19)17(10-31)30-11-24-28-29-30/h3-9,11,17,31,33H,10H2,1-2H3,(H2,25,32)(H,26,27). The molecule has 0 radical (unpaired) electrons. The molecule has 1 aliphatic heterocycles. The molecule has 1 aromatic carbocycles. The van der Waals surface area contributed by atoms with Gasteiger partial charge in [0.2, 0.25) is 0 Å². The average molecular weight is 596 g/mol. The minimum atomic E-state index is -1.18. The zero-order chi connectivity index (χ0) is 24.5. The van der Waals surface area contributed by atoms with Gasteiger partial charge >= 0.3 is 0 Å². The van der Waals surface area contributed by atoms with Crippen LogP contribution in [0.5, 0.6) is 0 Å². The molecule has 0 aliphatic carbocycles. The predicted octanol–water partition coefficient (Wildman–Crippen LogP) is 4.38. The van der Waals surface area contributed by atoms with Gasteiger partial charge in [-0.2, -0.15) is 0 Å². The van der Waals surface area contributed by atoms with Crippen molar-refractivity contribution in [2.24, 2.45) is 14.3 Å². The van der Waals surface area contributed by atoms with Gasteiger partial charge in [0.25, 0.3) is 5.91 Å². The maximum Gasteiger partial charge on any atom is 0.251 e. The molecule has 0 fully saturated rings. The number of nitrogens with two attached hydrogens (primary N) is 1. The van der Waals surface area contributed by atoms with Crippen LogP contribution in [0.2, 0.25) is 0 Å². The third-order valence-electron chi connectivity index (χ3n) is 5.11. The van der Waals surface area contributed by atoms with Gasteiger partial charge in [-0.15, -0.1) is 14.7 Å². The van der Waals surface area contributed by atoms with Crippen molar-refractivity contribution in [2.45, 2.75) is 25.5 Å². The Morgan fingerprint density at radius 3 is 2.74 bits per heavy atom. The summed E-state index contributed by atoms with van der Waals surface area (Å²) in [6.07, 6.45) is 0. The van der Waals surface area contributed by atoms with Crippen LogP contribution in [0.1, 0.15) is 41.5 Å². The molecule has 5 N–H and O–H groups in total. The smallest absolute Gasteiger partial charge is 0.251 e. The van der Waals surface area contributed by atoms with Gasteiger partial charge < -0.3 is 21.3 Å². The molecule has 178 valence electrons. The van der Waals surface area contributed by atoms with Crippen LogP contribution < -0.4 is 11.1 Å². The second-order valence-corrected chi connectivity index (χ2v) is 10.6. The summed E-state index contributed by atoms with van der Waals surface area (Å²) in [5.41, 5.74) is 5.89. The van der Waals surface area contributed by atoms with Crippen LogP contribution in [0, 0.1) is 5.82 Å². The molecule has 0 bridgehead atoms. The lowest BCUT2D eigenvalue weighted by Crippen LogP contribution is -2.24. The summed E-state index contributed by atoms with van der Waals surface area (Å²) in [4.78, 5) is 17.2. The number of primary amides is 1. The van der Waals surface area contributed by atoms with E-state index in [0.717, 1.165) is 11.3 Å². The number of hydrogen-bond donors (Lipinski definition) is 4. The molecule has 1 atom stereocenters. The van der Waals surface area contributed by atoms with E-state index in [1.165, 1.54) is 12.1 Å². The van der Waals surface area contributed by atoms with Crippen LogP contribution in [0.25, 0.3) is 10.4 Å². The van der Waals surface area contributed by atoms with E-state index in [2.05, 4.69) is 18.9 Å². The van der Waals surface area contributed by atoms with Crippen molar-refractivity contribution in [3.8, 4) is 10.4 Å². The molecule has 12 heteroatoms. The van der Waals surface area contributed by atoms with Gasteiger partial charge in [-0.25, -0.2) is 14.4 Å². The van der Waals surface area contributed by atoms with E-state index in [9.17, 15) is 19.4 Å². The molecule has 0 saturated carbocycles. The summed E-state index contributed by atoms with van der Waals surface area (Å²) >= 11 is 0.648. The summed E-state index contributed by atoms with van der Waals surface area (Å²) in [5, 5.41) is 29.1. The fourth-order valence-corrected chi connectivity index (χ4v) is 5.60. The number of thiophene rings is 1. The number of hydrogen-bond acceptors (Lipinski definition) is 9. The Kier molecular flexibility index (Phi) is 7.02. The Bertz CT molecular complexity index is 1280. The number of carbonyl (C=O) groups excluding carboxylic acids is 1. The summed E-state index contributed by atoms with van der Waals surface area (Å²) in [6.45, 7) is 2.95. The van der Waals surface area contributed by atoms with Crippen molar-refractivity contribution in [2.75, 3.05) is 11.9 Å². The summed E-state index contributed by atoms with van der Waals surface area (Å²) in [7, 11) is 0. The van der Waals surface area contributed by atoms with Crippen LogP contribution in [0.4, 0.5) is 15.2 Å². The largest absolute Gasteiger partial charge is 0.394 e. The van der Waals surface area contributed by atoms with Crippen molar-refractivity contribution in [3.05, 3.63) is 65.1 Å². The fourth-order valence-electron chi connectivity index (χ4n) is 3.30. The Balaban J connectivity index is 1.66. The lowest BCUT2D eigenvalue weighted by molar-refractivity contribution is 0.0782. The molecule has 1 unspecified atom stereocenters. The minimum Gasteiger partial charge on any atom is -0.394 e. The molecule has 34 heavy (non-hydrogen) atoms. The molecule has 2 aromatic heterocycles. The first-order chi connectivity index (χ1) is 16.2. The second-order valence-electron chi connectivity index (χ2n) is 7.98. The normalized spacial score (nSPS) is 14.2. The number of benzene rings is 1. The minimum absolute atomic E-state index is 0.198. The first-order valence-electron chi connectivity index (χ1n) is 10.1. The lowest BCUT2D eigenvalue weighted by atomic mass is 9.96. The van der Waals surface area contributed by atoms with Crippen molar-refractivity contribution in [1.29, 1.82) is 0 Å². The molecule has 0 saturated heterocycles. The topological polar surface area (TPSA) is 136 Å². The number of pyridine rings is 1. The maximum absolute atomic E-state index is 14.9. The first-order valence-corrected chi connectivity index (χ1v) is 13.2. The molecular weight excluding hydrogens is 574 g/mol. The van der Waals surface area contributed by atoms with Gasteiger partial charge in [0.05, 0.1) is 48.6 Å². The molecule has 9 nitrogen and oxygen atoms in total. The van der Waals surface area contributed by atoms with E-state index >= 15 is 0 Å². The summed E-state index contributed by atoms with van der Waals surface area (Å²) in [5.74, 6) is -0.761. The van der Waals surface area contributed by atoms with Gasteiger partial charge in [0.1, 0.15) is 22.7 Å². The lowest BCUT2D eigenvalue weighted by Gasteiger charge is -2.20. The molecule has 3 heterocycles. The SMILES string of the molecule is CC(C)(O)c1ccc(-c2cc(C(N)=O)c(Nc3cccc(C(CO)N4C=IN=N4)n3)s2)c(F)c1. The van der Waals surface area contributed by atoms with E-state index < -0.39 is 44.4 Å². The Morgan fingerprint density at radius 1 is 1.32 bits per heavy atom. The Labute approximate surface area is 209 Å². The zero-order valence-electron chi connectivity index (χ0n) is 18.2. The monoisotopic (exact) mass is 596 g/mol. The molecular formula is C22H22FIN6O3S. The number of aliphatic hydroxyl groups is 2. The van der Waals surface area contributed by atoms with Gasteiger partial charge in [-0.05, 0) is 43.7 Å². The van der Waals surface area contributed by atoms with Crippen molar-refractivity contribution < 1.29 is 19.4 Å². The Morgan fingerprint density at radius 2 is 2.12 bits per heavy atom. The third-order valence-corrected chi connectivity index (χ3v) is 7.45. The van der Waals surface area contributed by atoms with Crippen LogP contribution in [0.3, 0.4) is 0 Å². The summed E-state index contributed by atoms with van der Waals surface area (Å²) < 4.78 is 20.7. The van der Waals surface area contributed by atoms with Crippen molar-refractivity contribution >= 4 is 53.2 Å². The van der Waals surface area contributed by atoms with E-state index in [-0.39, 0.29) is 17.7 Å². The first kappa shape index (κ1) is 24.3. The number of carbonyl (C=O) groups is 1. The molecule has 0 spiro atoms. The maximum atomic E-state index is 14.9. The van der Waals surface area contributed by atoms with Crippen LogP contribution in [0.15, 0.2) is 51.0 Å². The number of rotatable bonds is 8. The highest BCUT2D eigenvalue weighted by Gasteiger charge is 2.23. The van der Waals surface area contributed by atoms with E-state index in [1.54, 1.807) is 49.2 Å². The van der Waals surface area contributed by atoms with E-state index in [0.29, 0.717) is 27.0 Å². The van der Waals surface area contributed by atoms with Gasteiger partial charge in [-0.3, -0.25) is 4.79 Å². The zero-order valence-corrected chi connectivity index (χ0v) is 21.2. The van der Waals surface area contributed by atoms with Gasteiger partial charge in [0, 0.05) is 10.4 Å². The number of amides is 1. The highest BCUT2D eigenvalue weighted by atomic mass is 127. The second kappa shape index (κ2) is 9.82. The molecule has 3 aromatic rings. The number of anilines is 2. The van der Waals surface area contributed by atoms with E-state index in [1.807, 2.05) is 4.14 Å². The molecule has 1 aliphatic rings. The highest BCUT2D eigenvalue weighted by molar-refractivity contribution is 14.2. The number of halogens is 2. The van der Waals surface area contributed by atoms with Crippen LogP contribution >= 0.6 is 32.3 Å². The van der Waals surface area contributed by atoms with Crippen molar-refractivity contribution in [3.63, 3.8) is 0 Å². The number of aliphatic hydroxyl groups excluding tert-OH is 1. The summed E-state index contributed by atoms with van der Waals surface area (Å²) in [6, 6.07) is 10.8. The van der Waals surface area contributed by atoms with Crippen molar-refractivity contribution in [1.82, 2.24) is 9.99 Å². The number of nitrogens with zero attached hydrogens (tertiary/aromatic N) is 4. The van der Waals surface area contributed by atoms with Gasteiger partial charge in [0.15, 0.2) is 0 Å². The molecule has 1 amide bonds. The van der Waals surface area contributed by atoms with Crippen LogP contribution in [-0.4, -0.2) is 36.9 Å².